The first-order valence-electron chi connectivity index (χ1n) is 8.16. The van der Waals surface area contributed by atoms with Crippen LogP contribution >= 0.6 is 11.6 Å². The minimum absolute atomic E-state index is 0.0146. The third kappa shape index (κ3) is 2.38. The van der Waals surface area contributed by atoms with Crippen LogP contribution in [0, 0.1) is 5.92 Å². The third-order valence-corrected chi connectivity index (χ3v) is 5.17. The summed E-state index contributed by atoms with van der Waals surface area (Å²) < 4.78 is 1.59. The van der Waals surface area contributed by atoms with E-state index in [1.165, 1.54) is 0 Å². The molecule has 5 N–H and O–H groups in total. The van der Waals surface area contributed by atoms with E-state index < -0.39 is 5.91 Å². The van der Waals surface area contributed by atoms with Gasteiger partial charge in [0, 0.05) is 11.8 Å². The first-order valence-corrected chi connectivity index (χ1v) is 8.54. The van der Waals surface area contributed by atoms with Gasteiger partial charge in [0.15, 0.2) is 5.65 Å². The number of aromatic nitrogens is 3. The van der Waals surface area contributed by atoms with Crippen molar-refractivity contribution >= 4 is 40.2 Å². The number of fused-ring (bicyclic) bond motifs is 1. The number of allylic oxidation sites excluding steroid dienone is 3. The Morgan fingerprint density at radius 1 is 1.44 bits per heavy atom. The van der Waals surface area contributed by atoms with Crippen LogP contribution in [0.5, 0.6) is 0 Å². The van der Waals surface area contributed by atoms with Gasteiger partial charge < -0.3 is 16.6 Å². The Morgan fingerprint density at radius 3 is 2.80 bits per heavy atom. The SMILES string of the molecule is C[C@@H]1CC=C(O)C(Cl)=C1n1c(N)c(C(N)=O)c2nc(C3CC3)cnc21. The Balaban J connectivity index is 2.04. The molecule has 2 heterocycles. The molecule has 1 fully saturated rings. The molecule has 0 aromatic carbocycles. The summed E-state index contributed by atoms with van der Waals surface area (Å²) in [5.41, 5.74) is 14.2. The van der Waals surface area contributed by atoms with Crippen molar-refractivity contribution in [1.82, 2.24) is 14.5 Å². The lowest BCUT2D eigenvalue weighted by Gasteiger charge is -2.23. The molecule has 0 aliphatic heterocycles. The van der Waals surface area contributed by atoms with E-state index in [2.05, 4.69) is 9.97 Å². The van der Waals surface area contributed by atoms with Crippen LogP contribution in [0.4, 0.5) is 5.82 Å². The van der Waals surface area contributed by atoms with E-state index >= 15 is 0 Å². The number of nitrogen functional groups attached to an aromatic ring is 1. The number of primary amides is 1. The lowest BCUT2D eigenvalue weighted by atomic mass is 9.97. The van der Waals surface area contributed by atoms with E-state index in [1.807, 2.05) is 6.92 Å². The second-order valence-corrected chi connectivity index (χ2v) is 7.00. The number of hydrogen-bond acceptors (Lipinski definition) is 5. The highest BCUT2D eigenvalue weighted by atomic mass is 35.5. The molecular weight excluding hydrogens is 342 g/mol. The Hall–Kier alpha value is -2.54. The Morgan fingerprint density at radius 2 is 2.16 bits per heavy atom. The normalized spacial score (nSPS) is 20.9. The van der Waals surface area contributed by atoms with Crippen molar-refractivity contribution in [3.63, 3.8) is 0 Å². The number of hydrogen-bond donors (Lipinski definition) is 3. The molecule has 25 heavy (non-hydrogen) atoms. The van der Waals surface area contributed by atoms with Gasteiger partial charge >= 0.3 is 0 Å². The van der Waals surface area contributed by atoms with Gasteiger partial charge in [-0.25, -0.2) is 9.97 Å². The van der Waals surface area contributed by atoms with Crippen LogP contribution in [0.2, 0.25) is 0 Å². The molecule has 7 nitrogen and oxygen atoms in total. The summed E-state index contributed by atoms with van der Waals surface area (Å²) in [6.45, 7) is 1.96. The summed E-state index contributed by atoms with van der Waals surface area (Å²) in [5, 5.41) is 10.2. The van der Waals surface area contributed by atoms with Crippen LogP contribution in [0.25, 0.3) is 16.9 Å². The number of rotatable bonds is 3. The van der Waals surface area contributed by atoms with Gasteiger partial charge in [0.1, 0.15) is 27.7 Å². The number of anilines is 1. The molecule has 1 amide bonds. The zero-order valence-electron chi connectivity index (χ0n) is 13.7. The number of carbonyl (C=O) groups is 1. The summed E-state index contributed by atoms with van der Waals surface area (Å²) in [6, 6.07) is 0. The molecule has 0 saturated heterocycles. The average molecular weight is 360 g/mol. The molecule has 2 aromatic heterocycles. The molecule has 2 aromatic rings. The molecule has 0 radical (unpaired) electrons. The van der Waals surface area contributed by atoms with E-state index in [0.29, 0.717) is 29.2 Å². The lowest BCUT2D eigenvalue weighted by molar-refractivity contribution is 0.100. The minimum Gasteiger partial charge on any atom is -0.507 e. The summed E-state index contributed by atoms with van der Waals surface area (Å²) in [6.07, 6.45) is 6.09. The maximum atomic E-state index is 12.0. The fraction of sp³-hybridized carbons (Fsp3) is 0.353. The molecule has 1 saturated carbocycles. The predicted molar refractivity (Wildman–Crippen MR) is 96.0 cm³/mol. The monoisotopic (exact) mass is 359 g/mol. The highest BCUT2D eigenvalue weighted by Crippen LogP contribution is 2.42. The number of aliphatic hydroxyl groups is 1. The van der Waals surface area contributed by atoms with Gasteiger partial charge in [0.25, 0.3) is 5.91 Å². The Labute approximate surface area is 149 Å². The predicted octanol–water partition coefficient (Wildman–Crippen LogP) is 2.88. The Bertz CT molecular complexity index is 971. The fourth-order valence-corrected chi connectivity index (χ4v) is 3.64. The van der Waals surface area contributed by atoms with Gasteiger partial charge in [-0.1, -0.05) is 18.5 Å². The molecular formula is C17H18ClN5O2. The van der Waals surface area contributed by atoms with Crippen molar-refractivity contribution in [3.05, 3.63) is 34.3 Å². The maximum absolute atomic E-state index is 12.0. The molecule has 1 atom stereocenters. The molecule has 4 rings (SSSR count). The first-order chi connectivity index (χ1) is 11.9. The number of halogens is 1. The van der Waals surface area contributed by atoms with Crippen LogP contribution in [0.1, 0.15) is 48.2 Å². The zero-order chi connectivity index (χ0) is 17.9. The average Bonchev–Trinajstić information content (AvgIpc) is 3.36. The molecule has 130 valence electrons. The summed E-state index contributed by atoms with van der Waals surface area (Å²) in [7, 11) is 0. The standard InChI is InChI=1S/C17H18ClN5O2/c1-7-2-5-10(24)12(18)14(7)23-15(19)11(16(20)25)13-17(23)21-6-9(22-13)8-3-4-8/h5-8,24H,2-4,19H2,1H3,(H2,20,25)/t7-/m1/s1. The van der Waals surface area contributed by atoms with Crippen molar-refractivity contribution in [1.29, 1.82) is 0 Å². The second-order valence-electron chi connectivity index (χ2n) is 6.63. The van der Waals surface area contributed by atoms with Crippen molar-refractivity contribution < 1.29 is 9.90 Å². The summed E-state index contributed by atoms with van der Waals surface area (Å²) in [5.74, 6) is -0.176. The van der Waals surface area contributed by atoms with Crippen molar-refractivity contribution in [2.45, 2.75) is 32.1 Å². The number of nitrogens with zero attached hydrogens (tertiary/aromatic N) is 3. The van der Waals surface area contributed by atoms with Gasteiger partial charge in [-0.05, 0) is 25.3 Å². The van der Waals surface area contributed by atoms with Gasteiger partial charge in [0.05, 0.1) is 17.6 Å². The van der Waals surface area contributed by atoms with E-state index in [0.717, 1.165) is 18.5 Å². The minimum atomic E-state index is -0.663. The van der Waals surface area contributed by atoms with E-state index in [-0.39, 0.29) is 28.1 Å². The molecule has 2 aliphatic rings. The van der Waals surface area contributed by atoms with Crippen LogP contribution in [0.15, 0.2) is 23.1 Å². The highest BCUT2D eigenvalue weighted by Gasteiger charge is 2.31. The number of amides is 1. The largest absolute Gasteiger partial charge is 0.507 e. The molecule has 8 heteroatoms. The summed E-state index contributed by atoms with van der Waals surface area (Å²) >= 11 is 6.34. The molecule has 0 spiro atoms. The van der Waals surface area contributed by atoms with Gasteiger partial charge in [-0.15, -0.1) is 0 Å². The van der Waals surface area contributed by atoms with Gasteiger partial charge in [-0.2, -0.15) is 0 Å². The highest BCUT2D eigenvalue weighted by molar-refractivity contribution is 6.34. The van der Waals surface area contributed by atoms with E-state index in [4.69, 9.17) is 23.1 Å². The lowest BCUT2D eigenvalue weighted by Crippen LogP contribution is -2.17. The van der Waals surface area contributed by atoms with Crippen LogP contribution in [-0.2, 0) is 0 Å². The number of nitrogens with two attached hydrogens (primary N) is 2. The summed E-state index contributed by atoms with van der Waals surface area (Å²) in [4.78, 5) is 21.1. The maximum Gasteiger partial charge on any atom is 0.254 e. The Kier molecular flexibility index (Phi) is 3.50. The van der Waals surface area contributed by atoms with Gasteiger partial charge in [-0.3, -0.25) is 9.36 Å². The number of carbonyl (C=O) groups excluding carboxylic acids is 1. The molecule has 2 aliphatic carbocycles. The smallest absolute Gasteiger partial charge is 0.254 e. The molecule has 0 unspecified atom stereocenters. The van der Waals surface area contributed by atoms with Crippen LogP contribution in [0.3, 0.4) is 0 Å². The first kappa shape index (κ1) is 16.0. The molecule has 0 bridgehead atoms. The van der Waals surface area contributed by atoms with Crippen LogP contribution in [-0.4, -0.2) is 25.5 Å². The second kappa shape index (κ2) is 5.49. The topological polar surface area (TPSA) is 120 Å². The van der Waals surface area contributed by atoms with E-state index in [9.17, 15) is 9.90 Å². The van der Waals surface area contributed by atoms with Gasteiger partial charge in [0.2, 0.25) is 0 Å². The fourth-order valence-electron chi connectivity index (χ4n) is 3.29. The quantitative estimate of drug-likeness (QED) is 0.778. The third-order valence-electron chi connectivity index (χ3n) is 4.78. The van der Waals surface area contributed by atoms with Crippen molar-refractivity contribution in [2.24, 2.45) is 11.7 Å². The number of aliphatic hydroxyl groups excluding tert-OH is 1. The van der Waals surface area contributed by atoms with Crippen molar-refractivity contribution in [3.8, 4) is 0 Å². The van der Waals surface area contributed by atoms with Crippen LogP contribution < -0.4 is 11.5 Å². The van der Waals surface area contributed by atoms with E-state index in [1.54, 1.807) is 16.8 Å². The zero-order valence-corrected chi connectivity index (χ0v) is 14.4. The van der Waals surface area contributed by atoms with Crippen molar-refractivity contribution in [2.75, 3.05) is 5.73 Å².